The van der Waals surface area contributed by atoms with Crippen LogP contribution in [0, 0.1) is 23.7 Å². The van der Waals surface area contributed by atoms with Crippen molar-refractivity contribution in [1.82, 2.24) is 5.32 Å². The van der Waals surface area contributed by atoms with Crippen LogP contribution in [0.3, 0.4) is 0 Å². The molecule has 0 spiro atoms. The second kappa shape index (κ2) is 6.51. The Balaban J connectivity index is 1.16. The van der Waals surface area contributed by atoms with Gasteiger partial charge in [-0.2, -0.15) is 0 Å². The van der Waals surface area contributed by atoms with Crippen LogP contribution in [0.2, 0.25) is 0 Å². The van der Waals surface area contributed by atoms with E-state index >= 15 is 0 Å². The van der Waals surface area contributed by atoms with Crippen LogP contribution >= 0.6 is 0 Å². The molecule has 5 aliphatic carbocycles. The molecule has 6 rings (SSSR count). The largest absolute Gasteiger partial charge is 0.353 e. The van der Waals surface area contributed by atoms with E-state index < -0.39 is 0 Å². The standard InChI is InChI=1S/C23H29NO2/c25-21(18-5-4-16-2-1-3-17(16)13-18)6-7-22(26)24-23-19-9-14-8-15(11-19)12-20(23)10-14/h4-5,13-15,19-20,23H,1-3,6-12H2,(H,24,26). The molecule has 4 fully saturated rings. The van der Waals surface area contributed by atoms with E-state index in [1.165, 1.54) is 49.7 Å². The van der Waals surface area contributed by atoms with Gasteiger partial charge in [0.25, 0.3) is 0 Å². The molecule has 3 heteroatoms. The first kappa shape index (κ1) is 16.5. The van der Waals surface area contributed by atoms with Crippen molar-refractivity contribution in [1.29, 1.82) is 0 Å². The van der Waals surface area contributed by atoms with Gasteiger partial charge in [-0.3, -0.25) is 9.59 Å². The molecule has 1 aromatic rings. The van der Waals surface area contributed by atoms with Crippen molar-refractivity contribution in [3.63, 3.8) is 0 Å². The summed E-state index contributed by atoms with van der Waals surface area (Å²) in [5, 5.41) is 3.32. The van der Waals surface area contributed by atoms with Gasteiger partial charge < -0.3 is 5.32 Å². The van der Waals surface area contributed by atoms with E-state index in [1.54, 1.807) is 0 Å². The smallest absolute Gasteiger partial charge is 0.220 e. The molecule has 5 aliphatic rings. The van der Waals surface area contributed by atoms with Crippen molar-refractivity contribution in [2.24, 2.45) is 23.7 Å². The first-order chi connectivity index (χ1) is 12.7. The minimum absolute atomic E-state index is 0.0805. The number of carbonyl (C=O) groups is 2. The van der Waals surface area contributed by atoms with Crippen molar-refractivity contribution in [2.45, 2.75) is 70.3 Å². The third kappa shape index (κ3) is 3.00. The monoisotopic (exact) mass is 351 g/mol. The third-order valence-corrected chi connectivity index (χ3v) is 7.55. The minimum atomic E-state index is 0.0805. The summed E-state index contributed by atoms with van der Waals surface area (Å²) in [5.41, 5.74) is 3.50. The summed E-state index contributed by atoms with van der Waals surface area (Å²) in [6, 6.07) is 6.48. The molecule has 0 radical (unpaired) electrons. The molecule has 1 N–H and O–H groups in total. The van der Waals surface area contributed by atoms with Crippen molar-refractivity contribution < 1.29 is 9.59 Å². The summed E-state index contributed by atoms with van der Waals surface area (Å²) < 4.78 is 0. The Morgan fingerprint density at radius 2 is 1.58 bits per heavy atom. The summed E-state index contributed by atoms with van der Waals surface area (Å²) in [5.74, 6) is 3.43. The fourth-order valence-corrected chi connectivity index (χ4v) is 6.54. The van der Waals surface area contributed by atoms with Gasteiger partial charge in [-0.05, 0) is 92.2 Å². The normalized spacial score (nSPS) is 33.9. The lowest BCUT2D eigenvalue weighted by Crippen LogP contribution is -2.55. The number of nitrogens with one attached hydrogen (secondary N) is 1. The molecule has 4 bridgehead atoms. The third-order valence-electron chi connectivity index (χ3n) is 7.55. The van der Waals surface area contributed by atoms with Gasteiger partial charge in [0.05, 0.1) is 0 Å². The van der Waals surface area contributed by atoms with Crippen molar-refractivity contribution >= 4 is 11.7 Å². The zero-order valence-electron chi connectivity index (χ0n) is 15.5. The second-order valence-electron chi connectivity index (χ2n) is 9.28. The average molecular weight is 351 g/mol. The Morgan fingerprint density at radius 1 is 0.885 bits per heavy atom. The van der Waals surface area contributed by atoms with Gasteiger partial charge in [0, 0.05) is 24.4 Å². The van der Waals surface area contributed by atoms with Crippen LogP contribution in [0.4, 0.5) is 0 Å². The number of aryl methyl sites for hydroxylation is 2. The number of amides is 1. The SMILES string of the molecule is O=C(CCC(=O)c1ccc2c(c1)CCC2)NC1C2CC3CC(C2)CC1C3. The highest BCUT2D eigenvalue weighted by Gasteiger charge is 2.48. The quantitative estimate of drug-likeness (QED) is 0.813. The molecular formula is C23H29NO2. The van der Waals surface area contributed by atoms with Crippen LogP contribution in [0.5, 0.6) is 0 Å². The Bertz CT molecular complexity index is 710. The van der Waals surface area contributed by atoms with Gasteiger partial charge in [0.15, 0.2) is 5.78 Å². The van der Waals surface area contributed by atoms with Crippen LogP contribution in [-0.2, 0) is 17.6 Å². The Hall–Kier alpha value is -1.64. The first-order valence-electron chi connectivity index (χ1n) is 10.6. The predicted octanol–water partition coefficient (Wildman–Crippen LogP) is 4.08. The number of rotatable bonds is 5. The van der Waals surface area contributed by atoms with E-state index in [9.17, 15) is 9.59 Å². The molecule has 0 saturated heterocycles. The summed E-state index contributed by atoms with van der Waals surface area (Å²) >= 11 is 0. The van der Waals surface area contributed by atoms with Crippen LogP contribution < -0.4 is 5.32 Å². The molecule has 1 amide bonds. The number of benzene rings is 1. The van der Waals surface area contributed by atoms with E-state index in [2.05, 4.69) is 17.4 Å². The molecule has 1 aromatic carbocycles. The minimum Gasteiger partial charge on any atom is -0.353 e. The zero-order valence-corrected chi connectivity index (χ0v) is 15.5. The van der Waals surface area contributed by atoms with Crippen LogP contribution in [0.25, 0.3) is 0 Å². The van der Waals surface area contributed by atoms with E-state index in [-0.39, 0.29) is 11.7 Å². The number of hydrogen-bond donors (Lipinski definition) is 1. The number of carbonyl (C=O) groups excluding carboxylic acids is 2. The van der Waals surface area contributed by atoms with Crippen LogP contribution in [0.1, 0.15) is 72.9 Å². The maximum absolute atomic E-state index is 12.5. The van der Waals surface area contributed by atoms with Gasteiger partial charge in [0.2, 0.25) is 5.91 Å². The van der Waals surface area contributed by atoms with Crippen molar-refractivity contribution in [3.8, 4) is 0 Å². The van der Waals surface area contributed by atoms with E-state index in [1.807, 2.05) is 6.07 Å². The fourth-order valence-electron chi connectivity index (χ4n) is 6.54. The molecule has 0 aliphatic heterocycles. The highest BCUT2D eigenvalue weighted by molar-refractivity contribution is 5.98. The molecule has 4 saturated carbocycles. The maximum atomic E-state index is 12.5. The average Bonchev–Trinajstić information content (AvgIpc) is 3.10. The lowest BCUT2D eigenvalue weighted by atomic mass is 9.54. The molecule has 0 heterocycles. The first-order valence-corrected chi connectivity index (χ1v) is 10.6. The number of hydrogen-bond acceptors (Lipinski definition) is 2. The molecule has 3 nitrogen and oxygen atoms in total. The van der Waals surface area contributed by atoms with Crippen LogP contribution in [-0.4, -0.2) is 17.7 Å². The second-order valence-corrected chi connectivity index (χ2v) is 9.28. The zero-order chi connectivity index (χ0) is 17.7. The lowest BCUT2D eigenvalue weighted by Gasteiger charge is -2.54. The molecule has 26 heavy (non-hydrogen) atoms. The van der Waals surface area contributed by atoms with Gasteiger partial charge in [-0.25, -0.2) is 0 Å². The van der Waals surface area contributed by atoms with Gasteiger partial charge >= 0.3 is 0 Å². The Labute approximate surface area is 155 Å². The van der Waals surface area contributed by atoms with Crippen LogP contribution in [0.15, 0.2) is 18.2 Å². The highest BCUT2D eigenvalue weighted by Crippen LogP contribution is 2.53. The summed E-state index contributed by atoms with van der Waals surface area (Å²) in [4.78, 5) is 25.0. The van der Waals surface area contributed by atoms with E-state index in [4.69, 9.17) is 0 Å². The Kier molecular flexibility index (Phi) is 4.14. The highest BCUT2D eigenvalue weighted by atomic mass is 16.2. The van der Waals surface area contributed by atoms with E-state index in [0.29, 0.717) is 30.7 Å². The predicted molar refractivity (Wildman–Crippen MR) is 101 cm³/mol. The van der Waals surface area contributed by atoms with Crippen molar-refractivity contribution in [3.05, 3.63) is 34.9 Å². The number of fused-ring (bicyclic) bond motifs is 1. The molecule has 0 atom stereocenters. The molecule has 0 aromatic heterocycles. The summed E-state index contributed by atoms with van der Waals surface area (Å²) in [6.45, 7) is 0. The molecular weight excluding hydrogens is 322 g/mol. The van der Waals surface area contributed by atoms with Gasteiger partial charge in [-0.15, -0.1) is 0 Å². The Morgan fingerprint density at radius 3 is 2.31 bits per heavy atom. The van der Waals surface area contributed by atoms with Gasteiger partial charge in [0.1, 0.15) is 0 Å². The summed E-state index contributed by atoms with van der Waals surface area (Å²) in [6.07, 6.45) is 10.8. The fraction of sp³-hybridized carbons (Fsp3) is 0.652. The van der Waals surface area contributed by atoms with Gasteiger partial charge in [-0.1, -0.05) is 12.1 Å². The maximum Gasteiger partial charge on any atom is 0.220 e. The summed E-state index contributed by atoms with van der Waals surface area (Å²) in [7, 11) is 0. The number of Topliss-reactive ketones (excluding diaryl/α,β-unsaturated/α-hetero) is 1. The van der Waals surface area contributed by atoms with Crippen molar-refractivity contribution in [2.75, 3.05) is 0 Å². The molecule has 138 valence electrons. The topological polar surface area (TPSA) is 46.2 Å². The number of ketones is 1. The lowest BCUT2D eigenvalue weighted by molar-refractivity contribution is -0.125. The molecule has 0 unspecified atom stereocenters. The van der Waals surface area contributed by atoms with E-state index in [0.717, 1.165) is 30.2 Å².